The fourth-order valence-corrected chi connectivity index (χ4v) is 5.39. The van der Waals surface area contributed by atoms with Gasteiger partial charge in [-0.2, -0.15) is 0 Å². The van der Waals surface area contributed by atoms with E-state index in [0.29, 0.717) is 4.90 Å². The van der Waals surface area contributed by atoms with Crippen molar-refractivity contribution in [1.82, 2.24) is 4.90 Å². The molecule has 3 unspecified atom stereocenters. The van der Waals surface area contributed by atoms with Crippen molar-refractivity contribution in [1.29, 1.82) is 0 Å². The highest BCUT2D eigenvalue weighted by atomic mass is 16.6. The van der Waals surface area contributed by atoms with Crippen molar-refractivity contribution in [3.05, 3.63) is 0 Å². The summed E-state index contributed by atoms with van der Waals surface area (Å²) in [4.78, 5) is 13.5. The SMILES string of the molecule is C[C@@H](O)[C@](C(=O)O)(C1O[C@H](CO)[C@H](O)[C@H](O)[C@H]1O)N(C1O[C@H](CO)[C@H](O)[C@H](O)[C@H]1O)C1OC[C@@H](O)[C@H](O)[C@H]1O. The first-order valence-corrected chi connectivity index (χ1v) is 12.1. The van der Waals surface area contributed by atoms with Crippen LogP contribution in [0.25, 0.3) is 0 Å². The Bertz CT molecular complexity index is 832. The summed E-state index contributed by atoms with van der Waals surface area (Å²) in [5.74, 6) is -2.07. The molecule has 18 nitrogen and oxygen atoms in total. The van der Waals surface area contributed by atoms with Gasteiger partial charge in [-0.25, -0.2) is 9.69 Å². The Morgan fingerprint density at radius 2 is 1.26 bits per heavy atom. The number of nitrogens with zero attached hydrogens (tertiary/aromatic N) is 1. The minimum absolute atomic E-state index is 0.384. The van der Waals surface area contributed by atoms with Gasteiger partial charge >= 0.3 is 5.97 Å². The monoisotopic (exact) mass is 575 g/mol. The van der Waals surface area contributed by atoms with Crippen molar-refractivity contribution in [2.75, 3.05) is 19.8 Å². The van der Waals surface area contributed by atoms with Crippen LogP contribution >= 0.6 is 0 Å². The number of aliphatic hydroxyl groups excluding tert-OH is 12. The van der Waals surface area contributed by atoms with Crippen molar-refractivity contribution >= 4 is 5.97 Å². The summed E-state index contributed by atoms with van der Waals surface area (Å²) in [7, 11) is 0. The molecule has 0 amide bonds. The molecule has 3 rings (SSSR count). The van der Waals surface area contributed by atoms with Crippen molar-refractivity contribution in [2.45, 2.75) is 104 Å². The minimum atomic E-state index is -3.17. The average Bonchev–Trinajstić information content (AvgIpc) is 2.89. The topological polar surface area (TPSA) is 311 Å². The smallest absolute Gasteiger partial charge is 0.329 e. The van der Waals surface area contributed by atoms with Gasteiger partial charge in [-0.3, -0.25) is 0 Å². The molecule has 0 saturated carbocycles. The fourth-order valence-electron chi connectivity index (χ4n) is 5.39. The Hall–Kier alpha value is -1.17. The lowest BCUT2D eigenvalue weighted by Crippen LogP contribution is -2.82. The first-order chi connectivity index (χ1) is 18.2. The van der Waals surface area contributed by atoms with Crippen LogP contribution in [0.4, 0.5) is 0 Å². The van der Waals surface area contributed by atoms with Crippen LogP contribution in [0.5, 0.6) is 0 Å². The Kier molecular flexibility index (Phi) is 10.3. The molecule has 0 aromatic carbocycles. The Morgan fingerprint density at radius 1 is 0.769 bits per heavy atom. The number of carboxylic acid groups (broad SMARTS) is 1. The van der Waals surface area contributed by atoms with Gasteiger partial charge in [-0.05, 0) is 6.92 Å². The number of aliphatic carboxylic acids is 1. The second-order valence-corrected chi connectivity index (χ2v) is 9.96. The molecular weight excluding hydrogens is 538 g/mol. The number of ether oxygens (including phenoxy) is 3. The number of rotatable bonds is 8. The highest BCUT2D eigenvalue weighted by Crippen LogP contribution is 2.42. The van der Waals surface area contributed by atoms with E-state index in [4.69, 9.17) is 14.2 Å². The van der Waals surface area contributed by atoms with E-state index in [-0.39, 0.29) is 0 Å². The molecule has 13 N–H and O–H groups in total. The molecule has 18 heteroatoms. The summed E-state index contributed by atoms with van der Waals surface area (Å²) >= 11 is 0. The van der Waals surface area contributed by atoms with Gasteiger partial charge in [0.05, 0.1) is 25.9 Å². The molecule has 0 bridgehead atoms. The van der Waals surface area contributed by atoms with Crippen LogP contribution in [0.1, 0.15) is 6.92 Å². The minimum Gasteiger partial charge on any atom is -0.480 e. The predicted molar refractivity (Wildman–Crippen MR) is 119 cm³/mol. The van der Waals surface area contributed by atoms with Gasteiger partial charge < -0.3 is 80.6 Å². The fraction of sp³-hybridized carbons (Fsp3) is 0.952. The molecule has 3 aliphatic heterocycles. The molecule has 0 aromatic rings. The second-order valence-electron chi connectivity index (χ2n) is 9.96. The quantitative estimate of drug-likeness (QED) is 0.128. The molecule has 0 aliphatic carbocycles. The largest absolute Gasteiger partial charge is 0.480 e. The van der Waals surface area contributed by atoms with E-state index in [2.05, 4.69) is 0 Å². The molecule has 3 fully saturated rings. The van der Waals surface area contributed by atoms with Crippen LogP contribution in [0.15, 0.2) is 0 Å². The number of hydrogen-bond acceptors (Lipinski definition) is 17. The van der Waals surface area contributed by atoms with Crippen LogP contribution in [0, 0.1) is 0 Å². The van der Waals surface area contributed by atoms with E-state index in [1.807, 2.05) is 0 Å². The molecule has 3 saturated heterocycles. The number of aliphatic hydroxyl groups is 12. The highest BCUT2D eigenvalue weighted by Gasteiger charge is 2.68. The van der Waals surface area contributed by atoms with E-state index in [1.165, 1.54) is 0 Å². The lowest BCUT2D eigenvalue weighted by molar-refractivity contribution is -0.353. The van der Waals surface area contributed by atoms with E-state index < -0.39 is 123 Å². The summed E-state index contributed by atoms with van der Waals surface area (Å²) in [6.45, 7) is -1.88. The Balaban J connectivity index is 2.29. The number of carboxylic acids is 1. The third kappa shape index (κ3) is 5.30. The summed E-state index contributed by atoms with van der Waals surface area (Å²) in [6, 6.07) is 0. The lowest BCUT2D eigenvalue weighted by atomic mass is 9.76. The summed E-state index contributed by atoms with van der Waals surface area (Å²) in [5, 5.41) is 135. The van der Waals surface area contributed by atoms with E-state index in [0.717, 1.165) is 6.92 Å². The van der Waals surface area contributed by atoms with Crippen LogP contribution in [-0.4, -0.2) is 194 Å². The second kappa shape index (κ2) is 12.4. The molecule has 228 valence electrons. The maximum absolute atomic E-state index is 13.1. The number of carbonyl (C=O) groups is 1. The molecule has 16 atom stereocenters. The van der Waals surface area contributed by atoms with Gasteiger partial charge in [0.1, 0.15) is 85.7 Å². The van der Waals surface area contributed by atoms with Crippen molar-refractivity contribution in [2.24, 2.45) is 0 Å². The van der Waals surface area contributed by atoms with Crippen LogP contribution in [0.3, 0.4) is 0 Å². The normalized spacial score (nSPS) is 47.9. The highest BCUT2D eigenvalue weighted by molar-refractivity contribution is 5.81. The maximum atomic E-state index is 13.1. The van der Waals surface area contributed by atoms with Gasteiger partial charge in [0, 0.05) is 0 Å². The molecule has 39 heavy (non-hydrogen) atoms. The Morgan fingerprint density at radius 3 is 1.74 bits per heavy atom. The van der Waals surface area contributed by atoms with E-state index in [1.54, 1.807) is 0 Å². The van der Waals surface area contributed by atoms with Crippen molar-refractivity contribution in [3.63, 3.8) is 0 Å². The van der Waals surface area contributed by atoms with E-state index in [9.17, 15) is 71.2 Å². The first-order valence-electron chi connectivity index (χ1n) is 12.1. The Labute approximate surface area is 221 Å². The van der Waals surface area contributed by atoms with Gasteiger partial charge in [-0.15, -0.1) is 0 Å². The third-order valence-corrected chi connectivity index (χ3v) is 7.62. The zero-order valence-electron chi connectivity index (χ0n) is 20.7. The molecule has 0 radical (unpaired) electrons. The van der Waals surface area contributed by atoms with E-state index >= 15 is 0 Å². The molecule has 3 heterocycles. The zero-order valence-corrected chi connectivity index (χ0v) is 20.7. The standard InChI is InChI=1S/C21H37NO17/c1-5(25)21(20(35)36,17-14(32)12(30)10(28)7(2-23)38-17)22(18-15(33)9(27)6(26)4-37-18)19-16(34)13(31)11(29)8(3-24)39-19/h5-19,23-34H,2-4H2,1H3,(H,35,36)/t5-,6-,7-,8-,9+,10+,11+,12+,13+,14-,15-,16-,17?,18?,19?,21-/m1/s1. The van der Waals surface area contributed by atoms with Crippen molar-refractivity contribution in [3.8, 4) is 0 Å². The van der Waals surface area contributed by atoms with Gasteiger partial charge in [0.2, 0.25) is 0 Å². The van der Waals surface area contributed by atoms with Gasteiger partial charge in [0.15, 0.2) is 5.54 Å². The first kappa shape index (κ1) is 32.3. The van der Waals surface area contributed by atoms with Crippen LogP contribution in [-0.2, 0) is 19.0 Å². The summed E-state index contributed by atoms with van der Waals surface area (Å²) in [6.07, 6.45) is -31.0. The van der Waals surface area contributed by atoms with Gasteiger partial charge in [0.25, 0.3) is 0 Å². The van der Waals surface area contributed by atoms with Crippen LogP contribution < -0.4 is 0 Å². The summed E-state index contributed by atoms with van der Waals surface area (Å²) in [5.41, 5.74) is -3.17. The molecule has 0 spiro atoms. The van der Waals surface area contributed by atoms with Gasteiger partial charge in [-0.1, -0.05) is 0 Å². The zero-order chi connectivity index (χ0) is 29.6. The summed E-state index contributed by atoms with van der Waals surface area (Å²) < 4.78 is 16.4. The number of hydrogen-bond donors (Lipinski definition) is 13. The predicted octanol–water partition coefficient (Wildman–Crippen LogP) is -8.43. The van der Waals surface area contributed by atoms with Crippen LogP contribution in [0.2, 0.25) is 0 Å². The molecule has 0 aromatic heterocycles. The average molecular weight is 576 g/mol. The molecule has 3 aliphatic rings. The van der Waals surface area contributed by atoms with Crippen molar-refractivity contribution < 1.29 is 85.4 Å². The lowest BCUT2D eigenvalue weighted by Gasteiger charge is -2.58. The maximum Gasteiger partial charge on any atom is 0.329 e. The molecular formula is C21H37NO17. The third-order valence-electron chi connectivity index (χ3n) is 7.62.